The van der Waals surface area contributed by atoms with E-state index in [9.17, 15) is 24.3 Å². The zero-order valence-corrected chi connectivity index (χ0v) is 26.3. The SMILES string of the molecule is CCOc1cc(C2C3=CCC4C(=O)N(C(=O)OC)C(=O)C4C3CC3C(=O)N(c4cccc(Cl)c4)C(=O)C32c2ccccc2)ccc1O. The van der Waals surface area contributed by atoms with Gasteiger partial charge in [-0.3, -0.25) is 19.2 Å². The van der Waals surface area contributed by atoms with Crippen LogP contribution in [0.15, 0.2) is 84.4 Å². The number of carbonyl (C=O) groups excluding carboxylic acids is 5. The van der Waals surface area contributed by atoms with Crippen molar-refractivity contribution in [3.8, 4) is 11.5 Å². The Balaban J connectivity index is 1.50. The van der Waals surface area contributed by atoms with Crippen LogP contribution in [0.2, 0.25) is 5.02 Å². The van der Waals surface area contributed by atoms with E-state index in [1.807, 2.05) is 36.4 Å². The number of aromatic hydroxyl groups is 1. The molecule has 47 heavy (non-hydrogen) atoms. The van der Waals surface area contributed by atoms with Gasteiger partial charge in [0.2, 0.25) is 23.6 Å². The number of imide groups is 4. The number of benzene rings is 3. The summed E-state index contributed by atoms with van der Waals surface area (Å²) in [5.74, 6) is -6.34. The number of likely N-dealkylation sites (tertiary alicyclic amines) is 1. The summed E-state index contributed by atoms with van der Waals surface area (Å²) >= 11 is 6.34. The van der Waals surface area contributed by atoms with Crippen LogP contribution in [0, 0.1) is 23.7 Å². The van der Waals surface area contributed by atoms with Gasteiger partial charge in [0.05, 0.1) is 42.6 Å². The van der Waals surface area contributed by atoms with Crippen molar-refractivity contribution in [3.63, 3.8) is 0 Å². The lowest BCUT2D eigenvalue weighted by atomic mass is 9.49. The quantitative estimate of drug-likeness (QED) is 0.287. The maximum absolute atomic E-state index is 15.2. The van der Waals surface area contributed by atoms with E-state index in [1.165, 1.54) is 11.0 Å². The standard InChI is InChI=1S/C36H31ClN2O8/c1-3-47-28-16-19(12-15-27(28)40)30-23-13-14-24-29(33(43)39(31(24)41)35(45)46-2)25(23)18-26-32(42)38(22-11-7-10-21(37)17-22)34(44)36(26,30)20-8-5-4-6-9-20/h4-13,15-17,24-26,29-30,40H,3,14,18H2,1-2H3. The highest BCUT2D eigenvalue weighted by molar-refractivity contribution is 6.32. The largest absolute Gasteiger partial charge is 0.504 e. The van der Waals surface area contributed by atoms with Gasteiger partial charge in [-0.15, -0.1) is 0 Å². The van der Waals surface area contributed by atoms with E-state index in [0.717, 1.165) is 7.11 Å². The fraction of sp³-hybridized carbons (Fsp3) is 0.306. The van der Waals surface area contributed by atoms with Crippen LogP contribution in [0.3, 0.4) is 0 Å². The van der Waals surface area contributed by atoms with Gasteiger partial charge in [0.1, 0.15) is 0 Å². The molecular weight excluding hydrogens is 624 g/mol. The molecule has 2 aliphatic carbocycles. The van der Waals surface area contributed by atoms with E-state index < -0.39 is 64.7 Å². The monoisotopic (exact) mass is 654 g/mol. The number of carbonyl (C=O) groups is 5. The lowest BCUT2D eigenvalue weighted by Gasteiger charge is -2.50. The van der Waals surface area contributed by atoms with E-state index in [0.29, 0.717) is 32.3 Å². The lowest BCUT2D eigenvalue weighted by Crippen LogP contribution is -2.53. The first-order chi connectivity index (χ1) is 22.6. The Morgan fingerprint density at radius 1 is 0.957 bits per heavy atom. The van der Waals surface area contributed by atoms with Gasteiger partial charge in [-0.1, -0.05) is 65.7 Å². The summed E-state index contributed by atoms with van der Waals surface area (Å²) in [6.45, 7) is 2.05. The molecular formula is C36H31ClN2O8. The highest BCUT2D eigenvalue weighted by atomic mass is 35.5. The topological polar surface area (TPSA) is 131 Å². The zero-order valence-electron chi connectivity index (χ0n) is 25.6. The Morgan fingerprint density at radius 2 is 1.72 bits per heavy atom. The molecule has 0 spiro atoms. The van der Waals surface area contributed by atoms with E-state index in [2.05, 4.69) is 0 Å². The summed E-state index contributed by atoms with van der Waals surface area (Å²) in [4.78, 5) is 71.6. The van der Waals surface area contributed by atoms with Crippen LogP contribution < -0.4 is 9.64 Å². The summed E-state index contributed by atoms with van der Waals surface area (Å²) < 4.78 is 10.5. The van der Waals surface area contributed by atoms with Gasteiger partial charge in [-0.25, -0.2) is 9.69 Å². The van der Waals surface area contributed by atoms with Crippen molar-refractivity contribution in [2.45, 2.75) is 31.1 Å². The summed E-state index contributed by atoms with van der Waals surface area (Å²) in [5, 5.41) is 11.0. The number of amides is 5. The number of anilines is 1. The minimum Gasteiger partial charge on any atom is -0.504 e. The molecule has 1 saturated carbocycles. The van der Waals surface area contributed by atoms with Gasteiger partial charge in [-0.05, 0) is 67.1 Å². The Kier molecular flexibility index (Phi) is 7.43. The highest BCUT2D eigenvalue weighted by Crippen LogP contribution is 2.64. The molecule has 240 valence electrons. The molecule has 4 aliphatic rings. The second-order valence-corrected chi connectivity index (χ2v) is 12.7. The van der Waals surface area contributed by atoms with Crippen LogP contribution >= 0.6 is 11.6 Å². The smallest absolute Gasteiger partial charge is 0.423 e. The minimum atomic E-state index is -1.48. The molecule has 2 saturated heterocycles. The van der Waals surface area contributed by atoms with E-state index in [1.54, 1.807) is 43.3 Å². The van der Waals surface area contributed by atoms with Crippen LogP contribution in [-0.2, 0) is 29.3 Å². The Labute approximate surface area is 275 Å². The van der Waals surface area contributed by atoms with Crippen molar-refractivity contribution >= 4 is 47.0 Å². The van der Waals surface area contributed by atoms with E-state index in [4.69, 9.17) is 21.1 Å². The summed E-state index contributed by atoms with van der Waals surface area (Å²) in [5.41, 5.74) is 0.738. The molecule has 2 aliphatic heterocycles. The number of hydrogen-bond donors (Lipinski definition) is 1. The fourth-order valence-electron chi connectivity index (χ4n) is 8.37. The molecule has 3 aromatic rings. The van der Waals surface area contributed by atoms with Gasteiger partial charge < -0.3 is 14.6 Å². The molecule has 11 heteroatoms. The summed E-state index contributed by atoms with van der Waals surface area (Å²) in [6, 6.07) is 20.5. The molecule has 10 nitrogen and oxygen atoms in total. The van der Waals surface area contributed by atoms with Gasteiger partial charge >= 0.3 is 6.09 Å². The summed E-state index contributed by atoms with van der Waals surface area (Å²) in [7, 11) is 1.10. The van der Waals surface area contributed by atoms with Gasteiger partial charge in [-0.2, -0.15) is 4.90 Å². The third-order valence-corrected chi connectivity index (χ3v) is 10.4. The molecule has 1 N–H and O–H groups in total. The Bertz CT molecular complexity index is 1880. The molecule has 0 bridgehead atoms. The number of hydrogen-bond acceptors (Lipinski definition) is 8. The number of rotatable bonds is 5. The van der Waals surface area contributed by atoms with Crippen molar-refractivity contribution in [1.29, 1.82) is 0 Å². The molecule has 3 fully saturated rings. The highest BCUT2D eigenvalue weighted by Gasteiger charge is 2.70. The number of halogens is 1. The number of methoxy groups -OCH3 is 1. The molecule has 5 amide bonds. The molecule has 6 atom stereocenters. The lowest BCUT2D eigenvalue weighted by molar-refractivity contribution is -0.138. The number of phenols is 1. The number of ether oxygens (including phenoxy) is 2. The normalized spacial score (nSPS) is 28.1. The van der Waals surface area contributed by atoms with Crippen molar-refractivity contribution < 1.29 is 38.6 Å². The average molecular weight is 655 g/mol. The Morgan fingerprint density at radius 3 is 2.43 bits per heavy atom. The van der Waals surface area contributed by atoms with Crippen LogP contribution in [0.5, 0.6) is 11.5 Å². The maximum Gasteiger partial charge on any atom is 0.423 e. The van der Waals surface area contributed by atoms with Crippen molar-refractivity contribution in [2.24, 2.45) is 23.7 Å². The Hall–Kier alpha value is -4.96. The molecule has 6 unspecified atom stereocenters. The first-order valence-corrected chi connectivity index (χ1v) is 15.8. The predicted octanol–water partition coefficient (Wildman–Crippen LogP) is 5.37. The van der Waals surface area contributed by atoms with E-state index >= 15 is 4.79 Å². The number of phenolic OH excluding ortho intramolecular Hbond substituents is 1. The van der Waals surface area contributed by atoms with Crippen LogP contribution in [0.25, 0.3) is 0 Å². The van der Waals surface area contributed by atoms with Crippen LogP contribution in [0.1, 0.15) is 36.8 Å². The molecule has 2 heterocycles. The number of nitrogens with zero attached hydrogens (tertiary/aromatic N) is 2. The zero-order chi connectivity index (χ0) is 33.2. The first-order valence-electron chi connectivity index (χ1n) is 15.5. The third kappa shape index (κ3) is 4.34. The second kappa shape index (κ2) is 11.4. The molecule has 0 aromatic heterocycles. The van der Waals surface area contributed by atoms with Gasteiger partial charge in [0, 0.05) is 10.9 Å². The van der Waals surface area contributed by atoms with Crippen molar-refractivity contribution in [2.75, 3.05) is 18.6 Å². The van der Waals surface area contributed by atoms with Crippen LogP contribution in [-0.4, -0.2) is 53.4 Å². The number of fused-ring (bicyclic) bond motifs is 4. The minimum absolute atomic E-state index is 0.0739. The van der Waals surface area contributed by atoms with Gasteiger partial charge in [0.15, 0.2) is 11.5 Å². The molecule has 7 rings (SSSR count). The first kappa shape index (κ1) is 30.7. The predicted molar refractivity (Wildman–Crippen MR) is 170 cm³/mol. The fourth-order valence-corrected chi connectivity index (χ4v) is 8.56. The molecule has 0 radical (unpaired) electrons. The third-order valence-electron chi connectivity index (χ3n) is 10.1. The molecule has 3 aromatic carbocycles. The summed E-state index contributed by atoms with van der Waals surface area (Å²) in [6.07, 6.45) is 1.05. The number of allylic oxidation sites excluding steroid dienone is 2. The maximum atomic E-state index is 15.2. The van der Waals surface area contributed by atoms with Crippen molar-refractivity contribution in [1.82, 2.24) is 4.90 Å². The van der Waals surface area contributed by atoms with Crippen LogP contribution in [0.4, 0.5) is 10.5 Å². The van der Waals surface area contributed by atoms with E-state index in [-0.39, 0.29) is 30.9 Å². The van der Waals surface area contributed by atoms with Gasteiger partial charge in [0.25, 0.3) is 0 Å². The average Bonchev–Trinajstić information content (AvgIpc) is 3.46. The second-order valence-electron chi connectivity index (χ2n) is 12.2. The van der Waals surface area contributed by atoms with Crippen molar-refractivity contribution in [3.05, 3.63) is 101 Å².